The van der Waals surface area contributed by atoms with Crippen molar-refractivity contribution in [3.05, 3.63) is 0 Å². The van der Waals surface area contributed by atoms with Crippen molar-refractivity contribution >= 4 is 0 Å². The van der Waals surface area contributed by atoms with E-state index in [1.807, 2.05) is 7.11 Å². The van der Waals surface area contributed by atoms with Crippen LogP contribution >= 0.6 is 0 Å². The highest BCUT2D eigenvalue weighted by Gasteiger charge is 2.38. The van der Waals surface area contributed by atoms with Crippen molar-refractivity contribution in [2.75, 3.05) is 26.7 Å². The molecule has 3 heteroatoms. The third kappa shape index (κ3) is 2.52. The summed E-state index contributed by atoms with van der Waals surface area (Å²) in [5.41, 5.74) is 6.45. The minimum Gasteiger partial charge on any atom is -0.377 e. The largest absolute Gasteiger partial charge is 0.377 e. The molecular formula is C12H24N2O. The molecular weight excluding hydrogens is 188 g/mol. The number of piperidine rings is 1. The van der Waals surface area contributed by atoms with Crippen molar-refractivity contribution in [1.29, 1.82) is 0 Å². The highest BCUT2D eigenvalue weighted by Crippen LogP contribution is 2.32. The lowest BCUT2D eigenvalue weighted by Gasteiger charge is -2.46. The highest BCUT2D eigenvalue weighted by atomic mass is 16.5. The standard InChI is InChI=1S/C12H24N2O/c1-11(15-2)5-4-8-14(9-11)10-12(13)6-3-7-12/h3-10,13H2,1-2H3. The quantitative estimate of drug-likeness (QED) is 0.768. The maximum absolute atomic E-state index is 6.28. The summed E-state index contributed by atoms with van der Waals surface area (Å²) in [5.74, 6) is 0. The zero-order valence-corrected chi connectivity index (χ0v) is 10.1. The van der Waals surface area contributed by atoms with Crippen LogP contribution in [0.5, 0.6) is 0 Å². The summed E-state index contributed by atoms with van der Waals surface area (Å²) in [7, 11) is 1.82. The van der Waals surface area contributed by atoms with E-state index in [1.165, 1.54) is 38.6 Å². The summed E-state index contributed by atoms with van der Waals surface area (Å²) in [6.45, 7) is 5.51. The lowest BCUT2D eigenvalue weighted by atomic mass is 9.77. The molecule has 0 spiro atoms. The highest BCUT2D eigenvalue weighted by molar-refractivity contribution is 4.97. The molecule has 1 aliphatic heterocycles. The van der Waals surface area contributed by atoms with Crippen molar-refractivity contribution in [3.63, 3.8) is 0 Å². The fourth-order valence-corrected chi connectivity index (χ4v) is 2.84. The molecule has 0 amide bonds. The summed E-state index contributed by atoms with van der Waals surface area (Å²) in [6, 6.07) is 0. The second-order valence-electron chi connectivity index (χ2n) is 5.68. The Morgan fingerprint density at radius 2 is 2.00 bits per heavy atom. The van der Waals surface area contributed by atoms with Crippen LogP contribution in [0.1, 0.15) is 39.0 Å². The van der Waals surface area contributed by atoms with Crippen LogP contribution in [0.2, 0.25) is 0 Å². The number of likely N-dealkylation sites (tertiary alicyclic amines) is 1. The number of nitrogens with zero attached hydrogens (tertiary/aromatic N) is 1. The molecule has 0 aromatic heterocycles. The fourth-order valence-electron chi connectivity index (χ4n) is 2.84. The molecule has 1 atom stereocenters. The van der Waals surface area contributed by atoms with Gasteiger partial charge in [-0.15, -0.1) is 0 Å². The lowest BCUT2D eigenvalue weighted by molar-refractivity contribution is -0.0578. The number of nitrogens with two attached hydrogens (primary N) is 1. The first kappa shape index (κ1) is 11.4. The van der Waals surface area contributed by atoms with Crippen molar-refractivity contribution in [2.24, 2.45) is 5.73 Å². The number of rotatable bonds is 3. The summed E-state index contributed by atoms with van der Waals surface area (Å²) < 4.78 is 5.59. The molecule has 2 N–H and O–H groups in total. The van der Waals surface area contributed by atoms with E-state index in [9.17, 15) is 0 Å². The molecule has 0 aromatic carbocycles. The van der Waals surface area contributed by atoms with E-state index < -0.39 is 0 Å². The van der Waals surface area contributed by atoms with Gasteiger partial charge in [0.05, 0.1) is 5.60 Å². The Labute approximate surface area is 93.0 Å². The Morgan fingerprint density at radius 3 is 2.53 bits per heavy atom. The number of hydrogen-bond donors (Lipinski definition) is 1. The molecule has 1 aliphatic carbocycles. The van der Waals surface area contributed by atoms with Crippen LogP contribution in [0.25, 0.3) is 0 Å². The molecule has 2 rings (SSSR count). The van der Waals surface area contributed by atoms with E-state index >= 15 is 0 Å². The predicted octanol–water partition coefficient (Wildman–Crippen LogP) is 1.37. The zero-order chi connectivity index (χ0) is 10.9. The van der Waals surface area contributed by atoms with E-state index in [1.54, 1.807) is 0 Å². The van der Waals surface area contributed by atoms with Crippen molar-refractivity contribution in [1.82, 2.24) is 4.90 Å². The predicted molar refractivity (Wildman–Crippen MR) is 61.9 cm³/mol. The lowest BCUT2D eigenvalue weighted by Crippen LogP contribution is -2.58. The monoisotopic (exact) mass is 212 g/mol. The van der Waals surface area contributed by atoms with E-state index in [4.69, 9.17) is 10.5 Å². The van der Waals surface area contributed by atoms with E-state index in [-0.39, 0.29) is 11.1 Å². The van der Waals surface area contributed by atoms with Crippen LogP contribution in [0.4, 0.5) is 0 Å². The Bertz CT molecular complexity index is 226. The average molecular weight is 212 g/mol. The zero-order valence-electron chi connectivity index (χ0n) is 10.1. The minimum atomic E-state index is 0.0539. The number of ether oxygens (including phenoxy) is 1. The van der Waals surface area contributed by atoms with Gasteiger partial charge in [-0.2, -0.15) is 0 Å². The molecule has 15 heavy (non-hydrogen) atoms. The van der Waals surface area contributed by atoms with Crippen LogP contribution in [-0.2, 0) is 4.74 Å². The van der Waals surface area contributed by atoms with E-state index in [0.717, 1.165) is 13.1 Å². The van der Waals surface area contributed by atoms with Gasteiger partial charge in [-0.05, 0) is 45.6 Å². The second kappa shape index (κ2) is 4.04. The smallest absolute Gasteiger partial charge is 0.0777 e. The van der Waals surface area contributed by atoms with Gasteiger partial charge >= 0.3 is 0 Å². The van der Waals surface area contributed by atoms with Gasteiger partial charge in [-0.1, -0.05) is 0 Å². The van der Waals surface area contributed by atoms with Gasteiger partial charge in [-0.3, -0.25) is 4.90 Å². The molecule has 1 saturated carbocycles. The van der Waals surface area contributed by atoms with Gasteiger partial charge in [0.15, 0.2) is 0 Å². The van der Waals surface area contributed by atoms with Crippen LogP contribution in [0.15, 0.2) is 0 Å². The summed E-state index contributed by atoms with van der Waals surface area (Å²) >= 11 is 0. The SMILES string of the molecule is COC1(C)CCCN(CC2(N)CCC2)C1. The van der Waals surface area contributed by atoms with Crippen molar-refractivity contribution in [3.8, 4) is 0 Å². The molecule has 0 aromatic rings. The molecule has 2 fully saturated rings. The van der Waals surface area contributed by atoms with Crippen LogP contribution in [-0.4, -0.2) is 42.8 Å². The van der Waals surface area contributed by atoms with Crippen molar-refractivity contribution in [2.45, 2.75) is 50.2 Å². The van der Waals surface area contributed by atoms with Crippen LogP contribution in [0.3, 0.4) is 0 Å². The molecule has 3 nitrogen and oxygen atoms in total. The number of methoxy groups -OCH3 is 1. The van der Waals surface area contributed by atoms with Gasteiger partial charge in [-0.25, -0.2) is 0 Å². The van der Waals surface area contributed by atoms with Gasteiger partial charge in [0.2, 0.25) is 0 Å². The van der Waals surface area contributed by atoms with Gasteiger partial charge in [0, 0.05) is 25.7 Å². The van der Waals surface area contributed by atoms with Crippen molar-refractivity contribution < 1.29 is 4.74 Å². The maximum Gasteiger partial charge on any atom is 0.0777 e. The first-order chi connectivity index (χ1) is 7.05. The Kier molecular flexibility index (Phi) is 3.06. The molecule has 2 aliphatic rings. The first-order valence-electron chi connectivity index (χ1n) is 6.12. The topological polar surface area (TPSA) is 38.5 Å². The molecule has 1 unspecified atom stereocenters. The Hall–Kier alpha value is -0.120. The maximum atomic E-state index is 6.28. The first-order valence-corrected chi connectivity index (χ1v) is 6.12. The minimum absolute atomic E-state index is 0.0539. The van der Waals surface area contributed by atoms with Crippen LogP contribution < -0.4 is 5.73 Å². The molecule has 0 radical (unpaired) electrons. The van der Waals surface area contributed by atoms with Gasteiger partial charge in [0.1, 0.15) is 0 Å². The Balaban J connectivity index is 1.87. The summed E-state index contributed by atoms with van der Waals surface area (Å²) in [4.78, 5) is 2.49. The average Bonchev–Trinajstić information content (AvgIpc) is 2.16. The third-order valence-corrected chi connectivity index (χ3v) is 4.12. The van der Waals surface area contributed by atoms with Crippen LogP contribution in [0, 0.1) is 0 Å². The molecule has 1 saturated heterocycles. The van der Waals surface area contributed by atoms with Gasteiger partial charge in [0.25, 0.3) is 0 Å². The molecule has 0 bridgehead atoms. The fraction of sp³-hybridized carbons (Fsp3) is 1.00. The van der Waals surface area contributed by atoms with E-state index in [2.05, 4.69) is 11.8 Å². The molecule has 88 valence electrons. The molecule has 1 heterocycles. The third-order valence-electron chi connectivity index (χ3n) is 4.12. The van der Waals surface area contributed by atoms with E-state index in [0.29, 0.717) is 0 Å². The number of hydrogen-bond acceptors (Lipinski definition) is 3. The normalized spacial score (nSPS) is 36.2. The Morgan fingerprint density at radius 1 is 1.27 bits per heavy atom. The summed E-state index contributed by atoms with van der Waals surface area (Å²) in [6.07, 6.45) is 6.13. The second-order valence-corrected chi connectivity index (χ2v) is 5.68. The van der Waals surface area contributed by atoms with Gasteiger partial charge < -0.3 is 10.5 Å². The summed E-state index contributed by atoms with van der Waals surface area (Å²) in [5, 5.41) is 0.